The van der Waals surface area contributed by atoms with Crippen molar-refractivity contribution in [3.63, 3.8) is 0 Å². The second-order valence-corrected chi connectivity index (χ2v) is 22.8. The minimum absolute atomic E-state index is 0.0364. The van der Waals surface area contributed by atoms with E-state index < -0.39 is 122 Å². The van der Waals surface area contributed by atoms with E-state index in [1.54, 1.807) is 33.2 Å². The van der Waals surface area contributed by atoms with E-state index in [1.165, 1.54) is 30.0 Å². The molecule has 12 N–H and O–H groups in total. The number of benzene rings is 3. The zero-order valence-corrected chi connectivity index (χ0v) is 44.9. The quantitative estimate of drug-likeness (QED) is 0.108. The van der Waals surface area contributed by atoms with E-state index >= 15 is 0 Å². The van der Waals surface area contributed by atoms with E-state index in [0.29, 0.717) is 16.7 Å². The van der Waals surface area contributed by atoms with Crippen molar-refractivity contribution in [3.8, 4) is 22.6 Å². The lowest BCUT2D eigenvalue weighted by atomic mass is 9.57. The van der Waals surface area contributed by atoms with Gasteiger partial charge in [0.25, 0.3) is 11.8 Å². The normalized spacial score (nSPS) is 28.6. The molecular weight excluding hydrogens is 1020 g/mol. The number of phenolic OH excluding ortho intramolecular Hbond substituents is 1. The summed E-state index contributed by atoms with van der Waals surface area (Å²) in [5, 5.41) is 86.0. The topological polar surface area (TPSA) is 330 Å². The third kappa shape index (κ3) is 8.64. The van der Waals surface area contributed by atoms with E-state index in [4.69, 9.17) is 16.2 Å². The number of hydrogen-bond donors (Lipinski definition) is 10. The Kier molecular flexibility index (Phi) is 14.0. The molecule has 1 saturated heterocycles. The zero-order chi connectivity index (χ0) is 57.1. The number of ether oxygens (including phenoxy) is 1. The van der Waals surface area contributed by atoms with Gasteiger partial charge in [-0.1, -0.05) is 36.4 Å². The van der Waals surface area contributed by atoms with Crippen molar-refractivity contribution in [2.45, 2.75) is 75.1 Å². The first-order valence-electron chi connectivity index (χ1n) is 26.5. The zero-order valence-electron chi connectivity index (χ0n) is 44.9. The molecule has 3 aromatic carbocycles. The predicted molar refractivity (Wildman–Crippen MR) is 287 cm³/mol. The number of amides is 2. The Morgan fingerprint density at radius 3 is 1.72 bits per heavy atom. The molecule has 0 spiro atoms. The average Bonchev–Trinajstić information content (AvgIpc) is 2.22. The first-order chi connectivity index (χ1) is 37.3. The van der Waals surface area contributed by atoms with E-state index in [9.17, 15) is 64.5 Å². The van der Waals surface area contributed by atoms with Gasteiger partial charge in [-0.15, -0.1) is 0 Å². The minimum Gasteiger partial charge on any atom is -0.508 e. The Morgan fingerprint density at radius 2 is 1.22 bits per heavy atom. The van der Waals surface area contributed by atoms with Crippen LogP contribution in [0, 0.1) is 23.7 Å². The first kappa shape index (κ1) is 55.1. The third-order valence-corrected chi connectivity index (χ3v) is 17.6. The highest BCUT2D eigenvalue weighted by atomic mass is 16.5. The molecule has 2 saturated carbocycles. The SMILES string of the molecule is CC(CNCc1ccc(O)c2c1C[C@H]1C[C@H]3C(N(C)C)C(=O)C(C(N)=O)=C(O)[C@@]3(O)C(=O)C1=C2O)Oc1ccc(-c2ccc(CN3CCN(C)CC3)cc2)c2c1C(O)=C1C(=O)[C@]3(O)C(O)=C(C(N)=O)C(=O)[C@@H](N(C)C)[C@@H]3C[C@@H]1C2. The number of primary amides is 2. The van der Waals surface area contributed by atoms with Gasteiger partial charge in [0.15, 0.2) is 22.8 Å². The summed E-state index contributed by atoms with van der Waals surface area (Å²) in [5.74, 6) is -14.1. The van der Waals surface area contributed by atoms with Crippen LogP contribution in [0.25, 0.3) is 22.6 Å². The second kappa shape index (κ2) is 20.1. The van der Waals surface area contributed by atoms with Crippen LogP contribution in [0.1, 0.15) is 53.1 Å². The molecule has 0 radical (unpaired) electrons. The Bertz CT molecular complexity index is 3280. The third-order valence-electron chi connectivity index (χ3n) is 17.6. The lowest BCUT2D eigenvalue weighted by Crippen LogP contribution is -2.65. The molecule has 7 aliphatic rings. The number of ketones is 4. The smallest absolute Gasteiger partial charge is 0.255 e. The van der Waals surface area contributed by atoms with Crippen LogP contribution in [-0.2, 0) is 54.7 Å². The number of rotatable bonds is 13. The highest BCUT2D eigenvalue weighted by molar-refractivity contribution is 6.25. The summed E-state index contributed by atoms with van der Waals surface area (Å²) in [6.45, 7) is 6.69. The summed E-state index contributed by atoms with van der Waals surface area (Å²) in [4.78, 5) is 89.3. The molecule has 9 atom stereocenters. The van der Waals surface area contributed by atoms with Crippen LogP contribution >= 0.6 is 0 Å². The van der Waals surface area contributed by atoms with Crippen LogP contribution in [0.5, 0.6) is 11.5 Å². The number of hydrogen-bond acceptors (Lipinski definition) is 19. The highest BCUT2D eigenvalue weighted by Crippen LogP contribution is 2.55. The summed E-state index contributed by atoms with van der Waals surface area (Å²) in [5.41, 5.74) is 7.81. The minimum atomic E-state index is -2.78. The van der Waals surface area contributed by atoms with Gasteiger partial charge in [-0.3, -0.25) is 43.5 Å². The Hall–Kier alpha value is -7.24. The fourth-order valence-corrected chi connectivity index (χ4v) is 13.8. The average molecular weight is 1090 g/mol. The number of nitrogens with zero attached hydrogens (tertiary/aromatic N) is 4. The van der Waals surface area contributed by atoms with Gasteiger partial charge < -0.3 is 62.2 Å². The molecule has 1 heterocycles. The van der Waals surface area contributed by atoms with Gasteiger partial charge in [0, 0.05) is 68.8 Å². The number of nitrogens with one attached hydrogen (secondary N) is 1. The second-order valence-electron chi connectivity index (χ2n) is 22.8. The monoisotopic (exact) mass is 1090 g/mol. The predicted octanol–water partition coefficient (Wildman–Crippen LogP) is 1.51. The van der Waals surface area contributed by atoms with E-state index in [2.05, 4.69) is 34.3 Å². The summed E-state index contributed by atoms with van der Waals surface area (Å²) < 4.78 is 6.62. The number of phenols is 1. The maximum atomic E-state index is 14.9. The molecule has 1 aliphatic heterocycles. The number of fused-ring (bicyclic) bond motifs is 6. The van der Waals surface area contributed by atoms with Gasteiger partial charge in [-0.25, -0.2) is 0 Å². The Labute approximate surface area is 455 Å². The summed E-state index contributed by atoms with van der Waals surface area (Å²) in [6.07, 6.45) is -0.523. The molecule has 10 rings (SSSR count). The molecule has 3 aromatic rings. The van der Waals surface area contributed by atoms with Crippen molar-refractivity contribution in [1.29, 1.82) is 0 Å². The molecule has 2 unspecified atom stereocenters. The molecular formula is C58H67N7O14. The molecule has 6 aliphatic carbocycles. The molecule has 0 bridgehead atoms. The summed E-state index contributed by atoms with van der Waals surface area (Å²) in [6, 6.07) is 12.3. The van der Waals surface area contributed by atoms with Crippen molar-refractivity contribution in [2.24, 2.45) is 35.1 Å². The number of carbonyl (C=O) groups is 6. The number of carbonyl (C=O) groups excluding carboxylic acids is 6. The van der Waals surface area contributed by atoms with Gasteiger partial charge in [0.2, 0.25) is 11.6 Å². The van der Waals surface area contributed by atoms with Crippen molar-refractivity contribution in [3.05, 3.63) is 116 Å². The first-order valence-corrected chi connectivity index (χ1v) is 26.5. The maximum Gasteiger partial charge on any atom is 0.255 e. The van der Waals surface area contributed by atoms with Crippen LogP contribution < -0.4 is 21.5 Å². The van der Waals surface area contributed by atoms with Crippen LogP contribution in [0.15, 0.2) is 82.3 Å². The van der Waals surface area contributed by atoms with Gasteiger partial charge in [0.1, 0.15) is 51.8 Å². The molecule has 21 heteroatoms. The number of likely N-dealkylation sites (N-methyl/N-ethyl adjacent to an activating group) is 3. The lowest BCUT2D eigenvalue weighted by molar-refractivity contribution is -0.155. The Morgan fingerprint density at radius 1 is 0.709 bits per heavy atom. The number of aliphatic hydroxyl groups is 6. The van der Waals surface area contributed by atoms with Crippen molar-refractivity contribution in [1.82, 2.24) is 24.9 Å². The van der Waals surface area contributed by atoms with Crippen LogP contribution in [0.4, 0.5) is 0 Å². The van der Waals surface area contributed by atoms with Gasteiger partial charge in [-0.05, 0) is 125 Å². The van der Waals surface area contributed by atoms with E-state index in [0.717, 1.165) is 49.4 Å². The van der Waals surface area contributed by atoms with Crippen molar-refractivity contribution in [2.75, 3.05) is 68.0 Å². The number of piperazine rings is 1. The van der Waals surface area contributed by atoms with Gasteiger partial charge in [-0.2, -0.15) is 0 Å². The number of aromatic hydroxyl groups is 1. The van der Waals surface area contributed by atoms with Crippen LogP contribution in [0.2, 0.25) is 0 Å². The highest BCUT2D eigenvalue weighted by Gasteiger charge is 2.66. The molecule has 21 nitrogen and oxygen atoms in total. The molecule has 79 heavy (non-hydrogen) atoms. The molecule has 0 aromatic heterocycles. The number of aliphatic hydroxyl groups excluding tert-OH is 4. The fourth-order valence-electron chi connectivity index (χ4n) is 13.8. The van der Waals surface area contributed by atoms with Crippen molar-refractivity contribution >= 4 is 46.5 Å². The van der Waals surface area contributed by atoms with Crippen LogP contribution in [0.3, 0.4) is 0 Å². The van der Waals surface area contributed by atoms with E-state index in [1.807, 2.05) is 18.2 Å². The Balaban J connectivity index is 0.956. The molecule has 418 valence electrons. The van der Waals surface area contributed by atoms with Crippen LogP contribution in [-0.4, -0.2) is 188 Å². The summed E-state index contributed by atoms with van der Waals surface area (Å²) >= 11 is 0. The summed E-state index contributed by atoms with van der Waals surface area (Å²) in [7, 11) is 8.29. The standard InChI is InChI=1S/C58H67N7O14/c1-26(23-61-24-29-11-13-37(66)41-33(29)19-30-21-35-45(62(2)3)49(69)43(55(59)75)53(73)57(35,77)51(71)39(30)47(41)67)79-38-14-12-32(28-9-7-27(8-10-28)25-65-17-15-64(6)16-18-65)34-20-31-22-36-46(63(4)5)50(70)44(56(60)76)54(74)58(36,78)52(72)40(31)48(68)42(34)38/h7-14,26,30-31,35-36,45-46,61,66-68,73-74,77-78H,15-25H2,1-6H3,(H2,59,75)(H2,60,76)/t26?,30-,31-,35-,36-,45?,46-,57-,58-/m0/s1. The largest absolute Gasteiger partial charge is 0.508 e. The fraction of sp³-hybridized carbons (Fsp3) is 0.448. The van der Waals surface area contributed by atoms with E-state index in [-0.39, 0.29) is 72.5 Å². The molecule has 2 amide bonds. The van der Waals surface area contributed by atoms with Gasteiger partial charge >= 0.3 is 0 Å². The number of Topliss-reactive ketones (excluding diaryl/α,β-unsaturated/α-hetero) is 4. The van der Waals surface area contributed by atoms with Crippen molar-refractivity contribution < 1.29 is 69.2 Å². The van der Waals surface area contributed by atoms with Gasteiger partial charge in [0.05, 0.1) is 23.2 Å². The maximum absolute atomic E-state index is 14.9. The molecule has 3 fully saturated rings. The lowest BCUT2D eigenvalue weighted by Gasteiger charge is -2.50. The number of nitrogens with two attached hydrogens (primary N) is 2.